The summed E-state index contributed by atoms with van der Waals surface area (Å²) >= 11 is 10.9. The van der Waals surface area contributed by atoms with Gasteiger partial charge in [-0.15, -0.1) is 0 Å². The lowest BCUT2D eigenvalue weighted by Crippen LogP contribution is -2.27. The molecule has 1 N–H and O–H groups in total. The van der Waals surface area contributed by atoms with Gasteiger partial charge < -0.3 is 5.32 Å². The zero-order valence-electron chi connectivity index (χ0n) is 11.7. The van der Waals surface area contributed by atoms with Crippen molar-refractivity contribution < 1.29 is 0 Å². The molecule has 3 rings (SSSR count). The van der Waals surface area contributed by atoms with E-state index in [0.717, 1.165) is 33.9 Å². The minimum absolute atomic E-state index is 0.481. The third-order valence-electron chi connectivity index (χ3n) is 3.93. The Morgan fingerprint density at radius 1 is 1.00 bits per heavy atom. The van der Waals surface area contributed by atoms with Crippen LogP contribution in [0.15, 0.2) is 43.7 Å². The minimum atomic E-state index is 0.481. The highest BCUT2D eigenvalue weighted by atomic mass is 79.9. The van der Waals surface area contributed by atoms with Crippen molar-refractivity contribution in [3.05, 3.63) is 60.4 Å². The maximum atomic E-state index is 3.69. The zero-order valence-corrected chi connectivity index (χ0v) is 16.5. The summed E-state index contributed by atoms with van der Waals surface area (Å²) in [6.07, 6.45) is 3.37. The number of halogens is 3. The number of hydrogen-bond acceptors (Lipinski definition) is 1. The molecule has 2 aromatic rings. The van der Waals surface area contributed by atoms with Gasteiger partial charge in [-0.2, -0.15) is 0 Å². The van der Waals surface area contributed by atoms with E-state index in [9.17, 15) is 0 Å². The molecule has 0 amide bonds. The van der Waals surface area contributed by atoms with Gasteiger partial charge in [0, 0.05) is 19.5 Å². The Kier molecular flexibility index (Phi) is 4.77. The molecule has 0 saturated carbocycles. The second-order valence-corrected chi connectivity index (χ2v) is 8.23. The number of rotatable bonds is 2. The van der Waals surface area contributed by atoms with Crippen molar-refractivity contribution in [1.29, 1.82) is 0 Å². The Bertz CT molecular complexity index is 659. The summed E-state index contributed by atoms with van der Waals surface area (Å²) < 4.78 is 3.42. The Labute approximate surface area is 150 Å². The summed E-state index contributed by atoms with van der Waals surface area (Å²) in [6.45, 7) is 2.11. The third kappa shape index (κ3) is 3.54. The van der Waals surface area contributed by atoms with Crippen LogP contribution in [0.3, 0.4) is 0 Å². The first-order chi connectivity index (χ1) is 10.0. The van der Waals surface area contributed by atoms with Gasteiger partial charge in [-0.25, -0.2) is 0 Å². The first kappa shape index (κ1) is 15.6. The van der Waals surface area contributed by atoms with Gasteiger partial charge in [0.25, 0.3) is 0 Å². The van der Waals surface area contributed by atoms with Crippen LogP contribution < -0.4 is 5.32 Å². The van der Waals surface area contributed by atoms with E-state index in [1.165, 1.54) is 21.2 Å². The molecule has 0 aromatic heterocycles. The van der Waals surface area contributed by atoms with E-state index in [1.54, 1.807) is 0 Å². The quantitative estimate of drug-likeness (QED) is 0.543. The molecule has 4 heteroatoms. The van der Waals surface area contributed by atoms with E-state index < -0.39 is 0 Å². The van der Waals surface area contributed by atoms with Gasteiger partial charge in [0.05, 0.1) is 5.69 Å². The largest absolute Gasteiger partial charge is 0.380 e. The van der Waals surface area contributed by atoms with E-state index in [1.807, 2.05) is 0 Å². The van der Waals surface area contributed by atoms with Gasteiger partial charge in [0.2, 0.25) is 0 Å². The molecule has 21 heavy (non-hydrogen) atoms. The smallest absolute Gasteiger partial charge is 0.0631 e. The Morgan fingerprint density at radius 3 is 2.43 bits per heavy atom. The normalized spacial score (nSPS) is 17.4. The van der Waals surface area contributed by atoms with Gasteiger partial charge in [-0.3, -0.25) is 0 Å². The fourth-order valence-electron chi connectivity index (χ4n) is 2.89. The van der Waals surface area contributed by atoms with E-state index >= 15 is 0 Å². The van der Waals surface area contributed by atoms with Crippen molar-refractivity contribution in [2.24, 2.45) is 0 Å². The van der Waals surface area contributed by atoms with Crippen LogP contribution in [0.1, 0.15) is 23.1 Å². The molecule has 0 spiro atoms. The van der Waals surface area contributed by atoms with Crippen molar-refractivity contribution in [3.8, 4) is 0 Å². The topological polar surface area (TPSA) is 12.0 Å². The molecule has 1 nitrogen and oxygen atoms in total. The maximum Gasteiger partial charge on any atom is 0.0631 e. The average Bonchev–Trinajstić information content (AvgIpc) is 2.43. The molecule has 0 bridgehead atoms. The van der Waals surface area contributed by atoms with E-state index in [0.29, 0.717) is 6.04 Å². The molecular formula is C17H16Br3N. The third-order valence-corrected chi connectivity index (χ3v) is 5.68. The Hall–Kier alpha value is -0.320. The van der Waals surface area contributed by atoms with Gasteiger partial charge >= 0.3 is 0 Å². The van der Waals surface area contributed by atoms with Gasteiger partial charge in [-0.05, 0) is 99.0 Å². The highest BCUT2D eigenvalue weighted by Crippen LogP contribution is 2.34. The first-order valence-corrected chi connectivity index (χ1v) is 9.40. The predicted molar refractivity (Wildman–Crippen MR) is 100 cm³/mol. The van der Waals surface area contributed by atoms with Crippen molar-refractivity contribution in [2.45, 2.75) is 32.2 Å². The highest BCUT2D eigenvalue weighted by molar-refractivity contribution is 9.11. The van der Waals surface area contributed by atoms with Crippen LogP contribution in [0.2, 0.25) is 0 Å². The summed E-state index contributed by atoms with van der Waals surface area (Å²) in [5, 5.41) is 3.69. The molecule has 0 aliphatic heterocycles. The lowest BCUT2D eigenvalue weighted by Gasteiger charge is -2.27. The van der Waals surface area contributed by atoms with E-state index in [-0.39, 0.29) is 0 Å². The minimum Gasteiger partial charge on any atom is -0.380 e. The standard InChI is InChI=1S/C17H16Br3N/c1-10-6-15(19)17(16(20)7-10)21-14-5-3-11-8-13(18)4-2-12(11)9-14/h2,4,6-8,14,21H,3,5,9H2,1H3. The monoisotopic (exact) mass is 471 g/mol. The molecule has 110 valence electrons. The van der Waals surface area contributed by atoms with Crippen LogP contribution in [-0.4, -0.2) is 6.04 Å². The lowest BCUT2D eigenvalue weighted by atomic mass is 9.88. The van der Waals surface area contributed by atoms with Gasteiger partial charge in [0.1, 0.15) is 0 Å². The summed E-state index contributed by atoms with van der Waals surface area (Å²) in [4.78, 5) is 0. The molecule has 0 heterocycles. The molecule has 1 aliphatic carbocycles. The van der Waals surface area contributed by atoms with Crippen LogP contribution in [0.5, 0.6) is 0 Å². The van der Waals surface area contributed by atoms with Crippen LogP contribution in [-0.2, 0) is 12.8 Å². The molecule has 1 atom stereocenters. The Morgan fingerprint density at radius 2 is 1.71 bits per heavy atom. The van der Waals surface area contributed by atoms with E-state index in [4.69, 9.17) is 0 Å². The van der Waals surface area contributed by atoms with Crippen LogP contribution in [0.4, 0.5) is 5.69 Å². The molecule has 1 unspecified atom stereocenters. The van der Waals surface area contributed by atoms with Crippen molar-refractivity contribution in [1.82, 2.24) is 0 Å². The second-order valence-electron chi connectivity index (χ2n) is 5.60. The maximum absolute atomic E-state index is 3.69. The number of aryl methyl sites for hydroxylation is 2. The van der Waals surface area contributed by atoms with Gasteiger partial charge in [-0.1, -0.05) is 22.0 Å². The summed E-state index contributed by atoms with van der Waals surface area (Å²) in [5.74, 6) is 0. The second kappa shape index (κ2) is 6.43. The number of benzene rings is 2. The molecule has 0 fully saturated rings. The van der Waals surface area contributed by atoms with Crippen molar-refractivity contribution in [3.63, 3.8) is 0 Å². The molecule has 0 saturated heterocycles. The SMILES string of the molecule is Cc1cc(Br)c(NC2CCc3cc(Br)ccc3C2)c(Br)c1. The first-order valence-electron chi connectivity index (χ1n) is 7.02. The Balaban J connectivity index is 1.80. The molecule has 2 aromatic carbocycles. The number of hydrogen-bond donors (Lipinski definition) is 1. The van der Waals surface area contributed by atoms with Crippen molar-refractivity contribution >= 4 is 53.5 Å². The summed E-state index contributed by atoms with van der Waals surface area (Å²) in [6, 6.07) is 11.4. The summed E-state index contributed by atoms with van der Waals surface area (Å²) in [7, 11) is 0. The highest BCUT2D eigenvalue weighted by Gasteiger charge is 2.20. The molecule has 1 aliphatic rings. The zero-order chi connectivity index (χ0) is 15.0. The average molecular weight is 474 g/mol. The molecular weight excluding hydrogens is 458 g/mol. The lowest BCUT2D eigenvalue weighted by molar-refractivity contribution is 0.610. The fraction of sp³-hybridized carbons (Fsp3) is 0.294. The fourth-order valence-corrected chi connectivity index (χ4v) is 4.94. The van der Waals surface area contributed by atoms with Crippen LogP contribution >= 0.6 is 47.8 Å². The van der Waals surface area contributed by atoms with Crippen LogP contribution in [0, 0.1) is 6.92 Å². The number of fused-ring (bicyclic) bond motifs is 1. The number of anilines is 1. The van der Waals surface area contributed by atoms with E-state index in [2.05, 4.69) is 90.4 Å². The summed E-state index contributed by atoms with van der Waals surface area (Å²) in [5.41, 5.74) is 5.34. The molecule has 0 radical (unpaired) electrons. The van der Waals surface area contributed by atoms with Crippen molar-refractivity contribution in [2.75, 3.05) is 5.32 Å². The van der Waals surface area contributed by atoms with Crippen LogP contribution in [0.25, 0.3) is 0 Å². The van der Waals surface area contributed by atoms with Gasteiger partial charge in [0.15, 0.2) is 0 Å². The number of nitrogens with one attached hydrogen (secondary N) is 1. The predicted octanol–water partition coefficient (Wildman–Crippen LogP) is 6.25.